The van der Waals surface area contributed by atoms with Gasteiger partial charge in [-0.1, -0.05) is 5.21 Å². The molecule has 0 N–H and O–H groups in total. The summed E-state index contributed by atoms with van der Waals surface area (Å²) in [4.78, 5) is 19.8. The van der Waals surface area contributed by atoms with Crippen molar-refractivity contribution in [2.45, 2.75) is 6.54 Å². The third-order valence-electron chi connectivity index (χ3n) is 2.25. The van der Waals surface area contributed by atoms with Crippen LogP contribution in [0.2, 0.25) is 0 Å². The Morgan fingerprint density at radius 2 is 1.89 bits per heavy atom. The van der Waals surface area contributed by atoms with Crippen LogP contribution in [-0.4, -0.2) is 24.8 Å². The number of hydrogen-bond donors (Lipinski definition) is 0. The van der Waals surface area contributed by atoms with Crippen molar-refractivity contribution in [2.24, 2.45) is 0 Å². The average Bonchev–Trinajstić information content (AvgIpc) is 2.81. The van der Waals surface area contributed by atoms with Crippen LogP contribution >= 0.6 is 0 Å². The first kappa shape index (κ1) is 11.6. The van der Waals surface area contributed by atoms with E-state index in [-0.39, 0.29) is 6.54 Å². The van der Waals surface area contributed by atoms with E-state index in [0.29, 0.717) is 5.56 Å². The molecule has 0 aliphatic heterocycles. The Bertz CT molecular complexity index is 595. The van der Waals surface area contributed by atoms with Crippen molar-refractivity contribution >= 4 is 11.4 Å². The summed E-state index contributed by atoms with van der Waals surface area (Å²) in [5.41, 5.74) is -0.516. The maximum absolute atomic E-state index is 10.7. The number of benzene rings is 1. The summed E-state index contributed by atoms with van der Waals surface area (Å²) in [6, 6.07) is 3.73. The normalized spacial score (nSPS) is 10.2. The number of nitro groups is 2. The number of nitro benzene ring substituents is 2. The van der Waals surface area contributed by atoms with Gasteiger partial charge in [-0.15, -0.1) is 5.10 Å². The lowest BCUT2D eigenvalue weighted by Crippen LogP contribution is -2.03. The molecular formula is C9H7N5O4. The molecule has 1 aromatic carbocycles. The second kappa shape index (κ2) is 4.57. The van der Waals surface area contributed by atoms with E-state index in [1.807, 2.05) is 0 Å². The van der Waals surface area contributed by atoms with Gasteiger partial charge in [-0.2, -0.15) is 0 Å². The van der Waals surface area contributed by atoms with Crippen molar-refractivity contribution < 1.29 is 9.85 Å². The molecule has 2 rings (SSSR count). The summed E-state index contributed by atoms with van der Waals surface area (Å²) in [7, 11) is 0. The average molecular weight is 249 g/mol. The Morgan fingerprint density at radius 1 is 1.17 bits per heavy atom. The molecule has 0 saturated carbocycles. The van der Waals surface area contributed by atoms with Crippen LogP contribution < -0.4 is 0 Å². The summed E-state index contributed by atoms with van der Waals surface area (Å²) < 4.78 is 1.46. The van der Waals surface area contributed by atoms with Gasteiger partial charge in [0.2, 0.25) is 0 Å². The molecule has 9 nitrogen and oxygen atoms in total. The maximum Gasteiger partial charge on any atom is 0.346 e. The molecule has 0 saturated heterocycles. The van der Waals surface area contributed by atoms with Crippen LogP contribution in [0, 0.1) is 20.2 Å². The Balaban J connectivity index is 2.37. The monoisotopic (exact) mass is 249 g/mol. The first-order valence-corrected chi connectivity index (χ1v) is 4.84. The fraction of sp³-hybridized carbons (Fsp3) is 0.111. The summed E-state index contributed by atoms with van der Waals surface area (Å²) in [6.07, 6.45) is 3.06. The quantitative estimate of drug-likeness (QED) is 0.592. The Kier molecular flexibility index (Phi) is 2.96. The lowest BCUT2D eigenvalue weighted by molar-refractivity contribution is -0.422. The molecule has 0 bridgehead atoms. The van der Waals surface area contributed by atoms with Crippen molar-refractivity contribution in [1.82, 2.24) is 15.0 Å². The first-order valence-electron chi connectivity index (χ1n) is 4.84. The van der Waals surface area contributed by atoms with E-state index in [1.54, 1.807) is 6.20 Å². The Hall–Kier alpha value is -2.84. The van der Waals surface area contributed by atoms with Gasteiger partial charge >= 0.3 is 11.4 Å². The molecule has 92 valence electrons. The number of aromatic nitrogens is 3. The third-order valence-corrected chi connectivity index (χ3v) is 2.25. The molecule has 9 heteroatoms. The van der Waals surface area contributed by atoms with Gasteiger partial charge < -0.3 is 0 Å². The molecule has 0 atom stereocenters. The zero-order chi connectivity index (χ0) is 13.1. The fourth-order valence-electron chi connectivity index (χ4n) is 1.47. The van der Waals surface area contributed by atoms with E-state index < -0.39 is 21.2 Å². The smallest absolute Gasteiger partial charge is 0.258 e. The van der Waals surface area contributed by atoms with E-state index >= 15 is 0 Å². The van der Waals surface area contributed by atoms with Gasteiger partial charge in [0, 0.05) is 18.3 Å². The fourth-order valence-corrected chi connectivity index (χ4v) is 1.47. The highest BCUT2D eigenvalue weighted by atomic mass is 16.6. The van der Waals surface area contributed by atoms with Crippen LogP contribution in [0.25, 0.3) is 0 Å². The van der Waals surface area contributed by atoms with Gasteiger partial charge in [0.15, 0.2) is 0 Å². The maximum atomic E-state index is 10.7. The molecule has 0 spiro atoms. The predicted molar refractivity (Wildman–Crippen MR) is 58.9 cm³/mol. The van der Waals surface area contributed by atoms with Crippen molar-refractivity contribution in [3.8, 4) is 0 Å². The molecule has 2 aromatic rings. The molecule has 1 aromatic heterocycles. The molecule has 0 aliphatic carbocycles. The standard InChI is InChI=1S/C9H7N5O4/c15-13(16)8-2-1-7(5-9(8)14(17)18)6-12-4-3-10-11-12/h1-5H,6H2. The lowest BCUT2D eigenvalue weighted by Gasteiger charge is -2.01. The van der Waals surface area contributed by atoms with E-state index in [1.165, 1.54) is 23.0 Å². The summed E-state index contributed by atoms with van der Waals surface area (Å²) in [5.74, 6) is 0. The van der Waals surface area contributed by atoms with Crippen LogP contribution in [0.3, 0.4) is 0 Å². The number of rotatable bonds is 4. The van der Waals surface area contributed by atoms with Crippen LogP contribution in [0.4, 0.5) is 11.4 Å². The van der Waals surface area contributed by atoms with Crippen LogP contribution in [0.15, 0.2) is 30.6 Å². The minimum atomic E-state index is -0.780. The Labute approximate surface area is 100.0 Å². The molecule has 1 heterocycles. The number of nitrogens with zero attached hydrogens (tertiary/aromatic N) is 5. The van der Waals surface area contributed by atoms with Gasteiger partial charge in [0.1, 0.15) is 0 Å². The van der Waals surface area contributed by atoms with Gasteiger partial charge in [-0.3, -0.25) is 20.2 Å². The van der Waals surface area contributed by atoms with Crippen molar-refractivity contribution in [2.75, 3.05) is 0 Å². The van der Waals surface area contributed by atoms with E-state index in [4.69, 9.17) is 0 Å². The lowest BCUT2D eigenvalue weighted by atomic mass is 10.2. The molecule has 0 radical (unpaired) electrons. The second-order valence-electron chi connectivity index (χ2n) is 3.44. The first-order chi connectivity index (χ1) is 8.58. The highest BCUT2D eigenvalue weighted by molar-refractivity contribution is 5.54. The highest BCUT2D eigenvalue weighted by Crippen LogP contribution is 2.27. The second-order valence-corrected chi connectivity index (χ2v) is 3.44. The molecule has 0 fully saturated rings. The van der Waals surface area contributed by atoms with Gasteiger partial charge in [-0.05, 0) is 11.6 Å². The van der Waals surface area contributed by atoms with Gasteiger partial charge in [-0.25, -0.2) is 4.68 Å². The number of hydrogen-bond acceptors (Lipinski definition) is 6. The van der Waals surface area contributed by atoms with Crippen LogP contribution in [0.1, 0.15) is 5.56 Å². The molecule has 0 aliphatic rings. The third kappa shape index (κ3) is 2.29. The minimum absolute atomic E-state index is 0.263. The van der Waals surface area contributed by atoms with E-state index in [9.17, 15) is 20.2 Å². The zero-order valence-corrected chi connectivity index (χ0v) is 8.96. The predicted octanol–water partition coefficient (Wildman–Crippen LogP) is 1.14. The van der Waals surface area contributed by atoms with Crippen molar-refractivity contribution in [3.05, 3.63) is 56.4 Å². The zero-order valence-electron chi connectivity index (χ0n) is 8.96. The topological polar surface area (TPSA) is 117 Å². The largest absolute Gasteiger partial charge is 0.346 e. The van der Waals surface area contributed by atoms with Crippen molar-refractivity contribution in [1.29, 1.82) is 0 Å². The molecule has 18 heavy (non-hydrogen) atoms. The summed E-state index contributed by atoms with van der Waals surface area (Å²) in [6.45, 7) is 0.263. The van der Waals surface area contributed by atoms with Crippen LogP contribution in [-0.2, 0) is 6.54 Å². The highest BCUT2D eigenvalue weighted by Gasteiger charge is 2.23. The summed E-state index contributed by atoms with van der Waals surface area (Å²) in [5, 5.41) is 28.7. The van der Waals surface area contributed by atoms with Gasteiger partial charge in [0.25, 0.3) is 0 Å². The van der Waals surface area contributed by atoms with Gasteiger partial charge in [0.05, 0.1) is 22.6 Å². The minimum Gasteiger partial charge on any atom is -0.258 e. The Morgan fingerprint density at radius 3 is 2.44 bits per heavy atom. The summed E-state index contributed by atoms with van der Waals surface area (Å²) >= 11 is 0. The SMILES string of the molecule is O=[N+]([O-])c1ccc(Cn2ccnn2)cc1[N+](=O)[O-]. The van der Waals surface area contributed by atoms with Crippen LogP contribution in [0.5, 0.6) is 0 Å². The van der Waals surface area contributed by atoms with Crippen molar-refractivity contribution in [3.63, 3.8) is 0 Å². The van der Waals surface area contributed by atoms with E-state index in [0.717, 1.165) is 6.07 Å². The molecule has 0 amide bonds. The molecule has 0 unspecified atom stereocenters. The van der Waals surface area contributed by atoms with E-state index in [2.05, 4.69) is 10.3 Å². The molecular weight excluding hydrogens is 242 g/mol.